The molecule has 9 heavy (non-hydrogen) atoms. The molecule has 0 fully saturated rings. The summed E-state index contributed by atoms with van der Waals surface area (Å²) in [4.78, 5) is 0. The summed E-state index contributed by atoms with van der Waals surface area (Å²) in [6.07, 6.45) is 5.76. The van der Waals surface area contributed by atoms with Gasteiger partial charge in [-0.15, -0.1) is 11.8 Å². The van der Waals surface area contributed by atoms with Crippen LogP contribution in [-0.4, -0.2) is 31.1 Å². The highest BCUT2D eigenvalue weighted by Crippen LogP contribution is 1.99. The minimum Gasteiger partial charge on any atom is -0.393 e. The molecule has 0 atom stereocenters. The van der Waals surface area contributed by atoms with E-state index in [-0.39, 0.29) is 0 Å². The van der Waals surface area contributed by atoms with Gasteiger partial charge in [-0.1, -0.05) is 0 Å². The number of hydrogen-bond acceptors (Lipinski definition) is 2. The molecule has 0 aliphatic rings. The molecule has 0 unspecified atom stereocenters. The van der Waals surface area contributed by atoms with E-state index in [0.29, 0.717) is 0 Å². The summed E-state index contributed by atoms with van der Waals surface area (Å²) < 4.78 is 1.95. The smallest absolute Gasteiger partial charge is 0.165 e. The molecule has 52 valence electrons. The Morgan fingerprint density at radius 3 is 2.44 bits per heavy atom. The second kappa shape index (κ2) is 4.44. The number of hydrogen-bond donors (Lipinski definition) is 1. The molecule has 0 rings (SSSR count). The molecule has 0 aliphatic heterocycles. The molecule has 0 spiro atoms. The SMILES string of the molecule is CS/C(N)=C/C=[N+](C)C. The van der Waals surface area contributed by atoms with Crippen molar-refractivity contribution in [3.05, 3.63) is 11.1 Å². The monoisotopic (exact) mass is 145 g/mol. The molecule has 0 aromatic carbocycles. The number of nitrogens with two attached hydrogens (primary N) is 1. The van der Waals surface area contributed by atoms with Crippen molar-refractivity contribution in [1.82, 2.24) is 0 Å². The third-order valence-electron chi connectivity index (χ3n) is 0.773. The molecule has 0 aliphatic carbocycles. The molecule has 2 nitrogen and oxygen atoms in total. The Morgan fingerprint density at radius 1 is 1.56 bits per heavy atom. The van der Waals surface area contributed by atoms with E-state index in [4.69, 9.17) is 5.73 Å². The average Bonchev–Trinajstić information content (AvgIpc) is 1.83. The number of rotatable bonds is 2. The zero-order chi connectivity index (χ0) is 7.28. The first-order chi connectivity index (χ1) is 4.16. The molecule has 0 aromatic heterocycles. The molecule has 0 amide bonds. The van der Waals surface area contributed by atoms with Gasteiger partial charge in [0.15, 0.2) is 6.21 Å². The molecule has 3 heteroatoms. The van der Waals surface area contributed by atoms with Gasteiger partial charge < -0.3 is 5.73 Å². The lowest BCUT2D eigenvalue weighted by Gasteiger charge is -1.87. The fourth-order valence-electron chi connectivity index (χ4n) is 0.291. The second-order valence-electron chi connectivity index (χ2n) is 1.89. The van der Waals surface area contributed by atoms with Crippen molar-refractivity contribution in [3.63, 3.8) is 0 Å². The molecule has 0 saturated carbocycles. The summed E-state index contributed by atoms with van der Waals surface area (Å²) in [7, 11) is 3.92. The van der Waals surface area contributed by atoms with E-state index < -0.39 is 0 Å². The molecule has 0 heterocycles. The number of nitrogens with zero attached hydrogens (tertiary/aromatic N) is 1. The fourth-order valence-corrected chi connectivity index (χ4v) is 0.488. The Morgan fingerprint density at radius 2 is 2.11 bits per heavy atom. The lowest BCUT2D eigenvalue weighted by Crippen LogP contribution is -1.98. The summed E-state index contributed by atoms with van der Waals surface area (Å²) in [5, 5.41) is 0.837. The van der Waals surface area contributed by atoms with Crippen molar-refractivity contribution < 1.29 is 4.58 Å². The van der Waals surface area contributed by atoms with E-state index in [9.17, 15) is 0 Å². The van der Waals surface area contributed by atoms with Crippen LogP contribution < -0.4 is 5.73 Å². The lowest BCUT2D eigenvalue weighted by atomic mass is 10.6. The normalized spacial score (nSPS) is 11.2. The Labute approximate surface area is 60.4 Å². The molecule has 0 bridgehead atoms. The van der Waals surface area contributed by atoms with Crippen LogP contribution in [0.15, 0.2) is 11.1 Å². The number of allylic oxidation sites excluding steroid dienone is 1. The van der Waals surface area contributed by atoms with Crippen molar-refractivity contribution in [2.45, 2.75) is 0 Å². The molecule has 0 aromatic rings. The summed E-state index contributed by atoms with van der Waals surface area (Å²) in [6.45, 7) is 0. The fraction of sp³-hybridized carbons (Fsp3) is 0.500. The van der Waals surface area contributed by atoms with E-state index in [1.54, 1.807) is 11.8 Å². The summed E-state index contributed by atoms with van der Waals surface area (Å²) >= 11 is 1.55. The largest absolute Gasteiger partial charge is 0.393 e. The minimum absolute atomic E-state index is 0.837. The third-order valence-corrected chi connectivity index (χ3v) is 1.38. The van der Waals surface area contributed by atoms with Crippen molar-refractivity contribution in [1.29, 1.82) is 0 Å². The third kappa shape index (κ3) is 5.43. The molecule has 0 saturated heterocycles. The second-order valence-corrected chi connectivity index (χ2v) is 2.77. The standard InChI is InChI=1S/C6H12N2S/c1-8(2)5-4-6(7)9-3/h4-5,7H,1-3H3/p+1. The summed E-state index contributed by atoms with van der Waals surface area (Å²) in [6, 6.07) is 0. The van der Waals surface area contributed by atoms with Gasteiger partial charge in [-0.3, -0.25) is 0 Å². The Balaban J connectivity index is 3.83. The van der Waals surface area contributed by atoms with E-state index in [1.165, 1.54) is 0 Å². The molecular formula is C6H13N2S+. The molecular weight excluding hydrogens is 132 g/mol. The Kier molecular flexibility index (Phi) is 4.22. The predicted octanol–water partition coefficient (Wildman–Crippen LogP) is 0.492. The maximum atomic E-state index is 5.49. The topological polar surface area (TPSA) is 29.0 Å². The van der Waals surface area contributed by atoms with Gasteiger partial charge in [0.2, 0.25) is 0 Å². The van der Waals surface area contributed by atoms with Crippen LogP contribution in [0, 0.1) is 0 Å². The van der Waals surface area contributed by atoms with Gasteiger partial charge in [-0.25, -0.2) is 4.58 Å². The van der Waals surface area contributed by atoms with E-state index >= 15 is 0 Å². The minimum atomic E-state index is 0.837. The maximum absolute atomic E-state index is 5.49. The van der Waals surface area contributed by atoms with Crippen molar-refractivity contribution in [2.75, 3.05) is 20.4 Å². The number of thioether (sulfide) groups is 1. The van der Waals surface area contributed by atoms with Gasteiger partial charge in [0.25, 0.3) is 0 Å². The first kappa shape index (κ1) is 8.56. The first-order valence-corrected chi connectivity index (χ1v) is 3.90. The predicted molar refractivity (Wildman–Crippen MR) is 44.0 cm³/mol. The van der Waals surface area contributed by atoms with Gasteiger partial charge in [0.1, 0.15) is 14.1 Å². The van der Waals surface area contributed by atoms with E-state index in [0.717, 1.165) is 5.03 Å². The van der Waals surface area contributed by atoms with E-state index in [2.05, 4.69) is 0 Å². The van der Waals surface area contributed by atoms with Crippen molar-refractivity contribution in [3.8, 4) is 0 Å². The highest BCUT2D eigenvalue weighted by Gasteiger charge is 1.83. The van der Waals surface area contributed by atoms with Crippen LogP contribution in [-0.2, 0) is 0 Å². The van der Waals surface area contributed by atoms with Gasteiger partial charge >= 0.3 is 0 Å². The highest BCUT2D eigenvalue weighted by molar-refractivity contribution is 8.02. The van der Waals surface area contributed by atoms with Crippen LogP contribution in [0.5, 0.6) is 0 Å². The van der Waals surface area contributed by atoms with Crippen LogP contribution in [0.3, 0.4) is 0 Å². The summed E-state index contributed by atoms with van der Waals surface area (Å²) in [5.74, 6) is 0. The maximum Gasteiger partial charge on any atom is 0.165 e. The summed E-state index contributed by atoms with van der Waals surface area (Å²) in [5.41, 5.74) is 5.49. The van der Waals surface area contributed by atoms with Gasteiger partial charge in [-0.2, -0.15) is 0 Å². The zero-order valence-electron chi connectivity index (χ0n) is 6.09. The van der Waals surface area contributed by atoms with Gasteiger partial charge in [0, 0.05) is 6.08 Å². The molecule has 2 N–H and O–H groups in total. The van der Waals surface area contributed by atoms with Crippen molar-refractivity contribution in [2.24, 2.45) is 5.73 Å². The van der Waals surface area contributed by atoms with Gasteiger partial charge in [0.05, 0.1) is 5.03 Å². The van der Waals surface area contributed by atoms with Crippen LogP contribution >= 0.6 is 11.8 Å². The van der Waals surface area contributed by atoms with E-state index in [1.807, 2.05) is 37.2 Å². The van der Waals surface area contributed by atoms with Crippen LogP contribution in [0.2, 0.25) is 0 Å². The van der Waals surface area contributed by atoms with Crippen LogP contribution in [0.1, 0.15) is 0 Å². The van der Waals surface area contributed by atoms with Gasteiger partial charge in [-0.05, 0) is 6.26 Å². The Bertz CT molecular complexity index is 134. The first-order valence-electron chi connectivity index (χ1n) is 2.68. The highest BCUT2D eigenvalue weighted by atomic mass is 32.2. The van der Waals surface area contributed by atoms with Crippen molar-refractivity contribution >= 4 is 18.0 Å². The van der Waals surface area contributed by atoms with Crippen LogP contribution in [0.4, 0.5) is 0 Å². The quantitative estimate of drug-likeness (QED) is 0.452. The lowest BCUT2D eigenvalue weighted by molar-refractivity contribution is -0.458. The zero-order valence-corrected chi connectivity index (χ0v) is 6.90. The Hall–Kier alpha value is -0.440. The van der Waals surface area contributed by atoms with Crippen LogP contribution in [0.25, 0.3) is 0 Å². The average molecular weight is 145 g/mol. The molecule has 0 radical (unpaired) electrons.